The monoisotopic (exact) mass is 522 g/mol. The van der Waals surface area contributed by atoms with Gasteiger partial charge in [-0.3, -0.25) is 9.79 Å². The Morgan fingerprint density at radius 2 is 1.90 bits per heavy atom. The quantitative estimate of drug-likeness (QED) is 0.278. The van der Waals surface area contributed by atoms with E-state index in [0.29, 0.717) is 18.7 Å². The molecule has 8 heteroatoms. The van der Waals surface area contributed by atoms with Crippen LogP contribution in [0.15, 0.2) is 77.7 Å². The van der Waals surface area contributed by atoms with E-state index < -0.39 is 0 Å². The molecule has 198 valence electrons. The van der Waals surface area contributed by atoms with Gasteiger partial charge in [0.15, 0.2) is 0 Å². The van der Waals surface area contributed by atoms with Gasteiger partial charge in [0.2, 0.25) is 5.91 Å². The van der Waals surface area contributed by atoms with E-state index in [4.69, 9.17) is 9.98 Å². The number of anilines is 3. The summed E-state index contributed by atoms with van der Waals surface area (Å²) in [7, 11) is 0. The average Bonchev–Trinajstić information content (AvgIpc) is 2.94. The third kappa shape index (κ3) is 5.46. The van der Waals surface area contributed by atoms with Crippen molar-refractivity contribution in [1.82, 2.24) is 14.5 Å². The summed E-state index contributed by atoms with van der Waals surface area (Å²) in [4.78, 5) is 26.0. The van der Waals surface area contributed by atoms with Crippen molar-refractivity contribution in [2.45, 2.75) is 57.9 Å². The number of carbonyl (C=O) groups is 1. The first-order chi connectivity index (χ1) is 19.0. The molecule has 1 aliphatic heterocycles. The number of para-hydroxylation sites is 2. The first-order valence-corrected chi connectivity index (χ1v) is 13.6. The van der Waals surface area contributed by atoms with Gasteiger partial charge in [-0.25, -0.2) is 14.4 Å². The number of hydrogen-bond donors (Lipinski definition) is 2. The van der Waals surface area contributed by atoms with E-state index in [-0.39, 0.29) is 17.8 Å². The number of amides is 1. The lowest BCUT2D eigenvalue weighted by Crippen LogP contribution is -2.20. The Bertz CT molecular complexity index is 1630. The predicted octanol–water partition coefficient (Wildman–Crippen LogP) is 6.96. The minimum atomic E-state index is -0.163. The van der Waals surface area contributed by atoms with E-state index in [0.717, 1.165) is 57.7 Å². The van der Waals surface area contributed by atoms with Gasteiger partial charge >= 0.3 is 0 Å². The average molecular weight is 523 g/mol. The molecule has 1 aromatic heterocycles. The molecule has 0 bridgehead atoms. The Hall–Kier alpha value is -4.33. The number of nitrogens with zero attached hydrogens (tertiary/aromatic N) is 4. The van der Waals surface area contributed by atoms with Crippen molar-refractivity contribution in [2.24, 2.45) is 4.99 Å². The van der Waals surface area contributed by atoms with Crippen LogP contribution >= 0.6 is 0 Å². The molecule has 1 aromatic carbocycles. The molecule has 2 heterocycles. The summed E-state index contributed by atoms with van der Waals surface area (Å²) in [5, 5.41) is 7.06. The second kappa shape index (κ2) is 10.8. The first kappa shape index (κ1) is 25.0. The van der Waals surface area contributed by atoms with Crippen LogP contribution in [0.4, 0.5) is 21.6 Å². The molecule has 1 saturated carbocycles. The highest BCUT2D eigenvalue weighted by Crippen LogP contribution is 2.34. The van der Waals surface area contributed by atoms with Crippen molar-refractivity contribution >= 4 is 39.8 Å². The third-order valence-electron chi connectivity index (χ3n) is 7.30. The summed E-state index contributed by atoms with van der Waals surface area (Å²) in [6.45, 7) is 1.46. The van der Waals surface area contributed by atoms with Gasteiger partial charge in [0.1, 0.15) is 11.6 Å². The molecule has 2 N–H and O–H groups in total. The molecule has 2 aromatic rings. The van der Waals surface area contributed by atoms with E-state index >= 15 is 0 Å². The third-order valence-corrected chi connectivity index (χ3v) is 7.30. The van der Waals surface area contributed by atoms with E-state index in [2.05, 4.69) is 32.3 Å². The number of aromatic nitrogens is 3. The smallest absolute Gasteiger partial charge is 0.222 e. The lowest BCUT2D eigenvalue weighted by Gasteiger charge is -2.24. The summed E-state index contributed by atoms with van der Waals surface area (Å²) >= 11 is 0. The zero-order chi connectivity index (χ0) is 26.8. The molecule has 3 aliphatic carbocycles. The molecule has 0 unspecified atom stereocenters. The van der Waals surface area contributed by atoms with Crippen molar-refractivity contribution in [3.8, 4) is 11.4 Å². The first-order valence-electron chi connectivity index (χ1n) is 13.6. The fourth-order valence-corrected chi connectivity index (χ4v) is 5.43. The minimum Gasteiger partial charge on any atom is -0.352 e. The van der Waals surface area contributed by atoms with Crippen molar-refractivity contribution in [2.75, 3.05) is 10.6 Å². The molecule has 4 aliphatic rings. The highest BCUT2D eigenvalue weighted by Gasteiger charge is 2.20. The number of allylic oxidation sites excluding steroid dienone is 4. The van der Waals surface area contributed by atoms with E-state index in [1.54, 1.807) is 18.3 Å². The number of pyridine rings is 1. The maximum absolute atomic E-state index is 13.9. The minimum absolute atomic E-state index is 0.0976. The molecule has 7 nitrogen and oxygen atoms in total. The van der Waals surface area contributed by atoms with Crippen LogP contribution in [0.5, 0.6) is 0 Å². The molecule has 0 radical (unpaired) electrons. The summed E-state index contributed by atoms with van der Waals surface area (Å²) in [5.74, 6) is 0.239. The number of fused-ring (bicyclic) bond motifs is 2. The number of nitrogens with one attached hydrogen (secondary N) is 2. The van der Waals surface area contributed by atoms with Gasteiger partial charge < -0.3 is 15.2 Å². The van der Waals surface area contributed by atoms with Crippen LogP contribution in [0.25, 0.3) is 28.1 Å². The Morgan fingerprint density at radius 3 is 2.64 bits per heavy atom. The lowest BCUT2D eigenvalue weighted by molar-refractivity contribution is -0.114. The Balaban J connectivity index is 1.52. The number of carbonyl (C=O) groups excluding carboxylic acids is 1. The molecule has 1 amide bonds. The molecular formula is C31H31FN6O. The van der Waals surface area contributed by atoms with Gasteiger partial charge in [0, 0.05) is 19.0 Å². The predicted molar refractivity (Wildman–Crippen MR) is 153 cm³/mol. The van der Waals surface area contributed by atoms with Crippen LogP contribution in [-0.2, 0) is 4.79 Å². The number of hydrogen-bond acceptors (Lipinski definition) is 5. The normalized spacial score (nSPS) is 16.7. The standard InChI is InChI=1S/C31H31FN6O/c1-20(39)34-31-16-13-23(19-33-31)36-26-17-28-30(18-27(26)35-22-7-3-2-4-8-22)38(24-14-11-21(32)12-15-24)29-10-6-5-9-25(29)37-28/h5-6,9-11,13-14,16-19,22,36H,2-4,7-8,12,15H2,1H3,(H,33,34,39)/b35-27+. The van der Waals surface area contributed by atoms with Gasteiger partial charge in [-0.2, -0.15) is 0 Å². The van der Waals surface area contributed by atoms with Crippen molar-refractivity contribution in [1.29, 1.82) is 0 Å². The summed E-state index contributed by atoms with van der Waals surface area (Å²) in [5.41, 5.74) is 6.27. The van der Waals surface area contributed by atoms with Crippen LogP contribution in [0.1, 0.15) is 51.9 Å². The van der Waals surface area contributed by atoms with Crippen LogP contribution in [0.3, 0.4) is 0 Å². The zero-order valence-electron chi connectivity index (χ0n) is 22.0. The SMILES string of the molecule is CC(=O)Nc1ccc(Nc2cc3nc4ccccc4n(C4=CC=C(F)CC4)c-3c/c2=N\C2CCCCC2)cn1. The Morgan fingerprint density at radius 1 is 1.05 bits per heavy atom. The van der Waals surface area contributed by atoms with Crippen LogP contribution in [-0.4, -0.2) is 26.5 Å². The van der Waals surface area contributed by atoms with Crippen LogP contribution in [0, 0.1) is 0 Å². The molecule has 6 rings (SSSR count). The fraction of sp³-hybridized carbons (Fsp3) is 0.290. The van der Waals surface area contributed by atoms with E-state index in [1.165, 1.54) is 26.2 Å². The Kier molecular flexibility index (Phi) is 6.92. The number of rotatable bonds is 5. The van der Waals surface area contributed by atoms with Gasteiger partial charge in [0.05, 0.1) is 51.4 Å². The number of halogens is 1. The van der Waals surface area contributed by atoms with Gasteiger partial charge in [-0.15, -0.1) is 0 Å². The fourth-order valence-electron chi connectivity index (χ4n) is 5.43. The van der Waals surface area contributed by atoms with E-state index in [9.17, 15) is 9.18 Å². The van der Waals surface area contributed by atoms with Crippen molar-refractivity contribution in [3.05, 3.63) is 78.1 Å². The lowest BCUT2D eigenvalue weighted by atomic mass is 9.96. The summed E-state index contributed by atoms with van der Waals surface area (Å²) < 4.78 is 16.1. The summed E-state index contributed by atoms with van der Waals surface area (Å²) in [6.07, 6.45) is 11.9. The highest BCUT2D eigenvalue weighted by molar-refractivity contribution is 5.88. The molecular weight excluding hydrogens is 491 g/mol. The second-order valence-electron chi connectivity index (χ2n) is 10.2. The number of benzene rings is 2. The maximum atomic E-state index is 13.9. The topological polar surface area (TPSA) is 84.2 Å². The van der Waals surface area contributed by atoms with Gasteiger partial charge in [-0.1, -0.05) is 31.4 Å². The summed E-state index contributed by atoms with van der Waals surface area (Å²) in [6, 6.07) is 16.1. The Labute approximate surface area is 226 Å². The molecule has 0 spiro atoms. The second-order valence-corrected chi connectivity index (χ2v) is 10.2. The maximum Gasteiger partial charge on any atom is 0.222 e. The molecule has 0 atom stereocenters. The molecule has 0 saturated heterocycles. The van der Waals surface area contributed by atoms with Crippen LogP contribution < -0.4 is 16.0 Å². The van der Waals surface area contributed by atoms with E-state index in [1.807, 2.05) is 36.4 Å². The zero-order valence-corrected chi connectivity index (χ0v) is 22.0. The van der Waals surface area contributed by atoms with Gasteiger partial charge in [0.25, 0.3) is 0 Å². The van der Waals surface area contributed by atoms with Crippen LogP contribution in [0.2, 0.25) is 0 Å². The molecule has 1 fully saturated rings. The highest BCUT2D eigenvalue weighted by atomic mass is 19.1. The van der Waals surface area contributed by atoms with Gasteiger partial charge in [-0.05, 0) is 67.8 Å². The molecule has 39 heavy (non-hydrogen) atoms. The largest absolute Gasteiger partial charge is 0.352 e. The van der Waals surface area contributed by atoms with Crippen molar-refractivity contribution in [3.63, 3.8) is 0 Å². The van der Waals surface area contributed by atoms with Crippen molar-refractivity contribution < 1.29 is 9.18 Å².